The molecule has 0 bridgehead atoms. The van der Waals surface area contributed by atoms with E-state index >= 15 is 0 Å². The van der Waals surface area contributed by atoms with E-state index in [0.717, 1.165) is 18.7 Å². The fourth-order valence-corrected chi connectivity index (χ4v) is 2.53. The second-order valence-electron chi connectivity index (χ2n) is 4.89. The molecule has 0 N–H and O–H groups in total. The Morgan fingerprint density at radius 3 is 2.36 bits per heavy atom. The lowest BCUT2D eigenvalue weighted by Gasteiger charge is -2.40. The molecule has 0 saturated carbocycles. The van der Waals surface area contributed by atoms with Gasteiger partial charge in [0.2, 0.25) is 0 Å². The van der Waals surface area contributed by atoms with Crippen molar-refractivity contribution in [1.82, 2.24) is 4.90 Å². The SMILES string of the molecule is COC[C@@H](C)CN1[C@H](C)CCC[C@@H]1C. The van der Waals surface area contributed by atoms with Gasteiger partial charge in [0.05, 0.1) is 0 Å². The second kappa shape index (κ2) is 5.72. The molecule has 1 saturated heterocycles. The number of hydrogen-bond donors (Lipinski definition) is 0. The Labute approximate surface area is 88.6 Å². The quantitative estimate of drug-likeness (QED) is 0.690. The normalized spacial score (nSPS) is 31.7. The van der Waals surface area contributed by atoms with Crippen LogP contribution in [-0.4, -0.2) is 37.2 Å². The zero-order chi connectivity index (χ0) is 10.6. The summed E-state index contributed by atoms with van der Waals surface area (Å²) in [5, 5.41) is 0. The summed E-state index contributed by atoms with van der Waals surface area (Å²) < 4.78 is 5.19. The predicted molar refractivity (Wildman–Crippen MR) is 60.5 cm³/mol. The molecule has 0 aliphatic carbocycles. The van der Waals surface area contributed by atoms with E-state index in [2.05, 4.69) is 25.7 Å². The van der Waals surface area contributed by atoms with Gasteiger partial charge in [0.25, 0.3) is 0 Å². The summed E-state index contributed by atoms with van der Waals surface area (Å²) in [7, 11) is 1.79. The van der Waals surface area contributed by atoms with Gasteiger partial charge in [0.1, 0.15) is 0 Å². The largest absolute Gasteiger partial charge is 0.384 e. The average molecular weight is 199 g/mol. The van der Waals surface area contributed by atoms with Crippen molar-refractivity contribution in [2.45, 2.75) is 52.1 Å². The molecule has 1 fully saturated rings. The van der Waals surface area contributed by atoms with Crippen molar-refractivity contribution >= 4 is 0 Å². The molecular weight excluding hydrogens is 174 g/mol. The number of ether oxygens (including phenoxy) is 1. The van der Waals surface area contributed by atoms with Crippen molar-refractivity contribution in [3.8, 4) is 0 Å². The Kier molecular flexibility index (Phi) is 4.90. The summed E-state index contributed by atoms with van der Waals surface area (Å²) in [4.78, 5) is 2.65. The van der Waals surface area contributed by atoms with Gasteiger partial charge in [0.15, 0.2) is 0 Å². The van der Waals surface area contributed by atoms with Crippen molar-refractivity contribution in [3.63, 3.8) is 0 Å². The van der Waals surface area contributed by atoms with Crippen LogP contribution >= 0.6 is 0 Å². The minimum absolute atomic E-state index is 0.656. The lowest BCUT2D eigenvalue weighted by molar-refractivity contribution is 0.0625. The number of hydrogen-bond acceptors (Lipinski definition) is 2. The van der Waals surface area contributed by atoms with E-state index in [1.54, 1.807) is 7.11 Å². The molecule has 0 aromatic carbocycles. The first-order chi connectivity index (χ1) is 6.65. The van der Waals surface area contributed by atoms with Gasteiger partial charge in [-0.25, -0.2) is 0 Å². The van der Waals surface area contributed by atoms with E-state index in [1.165, 1.54) is 25.8 Å². The van der Waals surface area contributed by atoms with Gasteiger partial charge in [-0.1, -0.05) is 13.3 Å². The summed E-state index contributed by atoms with van der Waals surface area (Å²) in [6.45, 7) is 9.06. The maximum atomic E-state index is 5.19. The molecule has 0 aromatic rings. The van der Waals surface area contributed by atoms with Gasteiger partial charge in [-0.15, -0.1) is 0 Å². The van der Waals surface area contributed by atoms with E-state index < -0.39 is 0 Å². The van der Waals surface area contributed by atoms with Crippen molar-refractivity contribution in [2.24, 2.45) is 5.92 Å². The van der Waals surface area contributed by atoms with Gasteiger partial charge in [-0.05, 0) is 32.6 Å². The van der Waals surface area contributed by atoms with Crippen molar-refractivity contribution in [3.05, 3.63) is 0 Å². The monoisotopic (exact) mass is 199 g/mol. The molecule has 1 heterocycles. The number of piperidine rings is 1. The molecule has 0 unspecified atom stereocenters. The summed E-state index contributed by atoms with van der Waals surface area (Å²) in [6, 6.07) is 1.52. The summed E-state index contributed by atoms with van der Waals surface area (Å²) in [5.41, 5.74) is 0. The average Bonchev–Trinajstić information content (AvgIpc) is 2.12. The van der Waals surface area contributed by atoms with Crippen LogP contribution in [0.15, 0.2) is 0 Å². The molecular formula is C12H25NO. The fourth-order valence-electron chi connectivity index (χ4n) is 2.53. The van der Waals surface area contributed by atoms with Crippen LogP contribution in [0.4, 0.5) is 0 Å². The Morgan fingerprint density at radius 2 is 1.86 bits per heavy atom. The lowest BCUT2D eigenvalue weighted by atomic mass is 9.96. The van der Waals surface area contributed by atoms with Gasteiger partial charge in [0, 0.05) is 32.3 Å². The maximum absolute atomic E-state index is 5.19. The fraction of sp³-hybridized carbons (Fsp3) is 1.00. The van der Waals surface area contributed by atoms with Crippen molar-refractivity contribution < 1.29 is 4.74 Å². The third-order valence-corrected chi connectivity index (χ3v) is 3.35. The molecule has 0 amide bonds. The third-order valence-electron chi connectivity index (χ3n) is 3.35. The van der Waals surface area contributed by atoms with Crippen molar-refractivity contribution in [1.29, 1.82) is 0 Å². The molecule has 0 aromatic heterocycles. The van der Waals surface area contributed by atoms with Crippen LogP contribution in [0.3, 0.4) is 0 Å². The Morgan fingerprint density at radius 1 is 1.29 bits per heavy atom. The second-order valence-corrected chi connectivity index (χ2v) is 4.89. The van der Waals surface area contributed by atoms with Gasteiger partial charge < -0.3 is 4.74 Å². The molecule has 2 heteroatoms. The highest BCUT2D eigenvalue weighted by molar-refractivity contribution is 4.80. The van der Waals surface area contributed by atoms with Crippen LogP contribution in [0.5, 0.6) is 0 Å². The van der Waals surface area contributed by atoms with Gasteiger partial charge >= 0.3 is 0 Å². The highest BCUT2D eigenvalue weighted by atomic mass is 16.5. The van der Waals surface area contributed by atoms with Crippen LogP contribution in [0, 0.1) is 5.92 Å². The first kappa shape index (κ1) is 12.0. The summed E-state index contributed by atoms with van der Waals surface area (Å²) in [5.74, 6) is 0.656. The molecule has 1 rings (SSSR count). The molecule has 1 aliphatic heterocycles. The summed E-state index contributed by atoms with van der Waals surface area (Å²) >= 11 is 0. The lowest BCUT2D eigenvalue weighted by Crippen LogP contribution is -2.46. The summed E-state index contributed by atoms with van der Waals surface area (Å²) in [6.07, 6.45) is 4.13. The van der Waals surface area contributed by atoms with E-state index in [0.29, 0.717) is 5.92 Å². The van der Waals surface area contributed by atoms with E-state index in [1.807, 2.05) is 0 Å². The Balaban J connectivity index is 2.39. The maximum Gasteiger partial charge on any atom is 0.0500 e. The Bertz CT molecular complexity index is 150. The smallest absolute Gasteiger partial charge is 0.0500 e. The minimum atomic E-state index is 0.656. The van der Waals surface area contributed by atoms with E-state index in [9.17, 15) is 0 Å². The minimum Gasteiger partial charge on any atom is -0.384 e. The van der Waals surface area contributed by atoms with Gasteiger partial charge in [-0.3, -0.25) is 4.90 Å². The molecule has 0 radical (unpaired) electrons. The van der Waals surface area contributed by atoms with Crippen LogP contribution in [-0.2, 0) is 4.74 Å². The molecule has 1 aliphatic rings. The van der Waals surface area contributed by atoms with Crippen LogP contribution in [0.25, 0.3) is 0 Å². The first-order valence-corrected chi connectivity index (χ1v) is 5.89. The van der Waals surface area contributed by atoms with Crippen LogP contribution in [0.1, 0.15) is 40.0 Å². The number of rotatable bonds is 4. The third kappa shape index (κ3) is 3.25. The topological polar surface area (TPSA) is 12.5 Å². The standard InChI is InChI=1S/C12H25NO/c1-10(9-14-4)8-13-11(2)6-5-7-12(13)3/h10-12H,5-9H2,1-4H3/t10-,11-,12+/m0/s1. The molecule has 84 valence electrons. The predicted octanol–water partition coefficient (Wildman–Crippen LogP) is 2.53. The number of methoxy groups -OCH3 is 1. The molecule has 2 nitrogen and oxygen atoms in total. The zero-order valence-electron chi connectivity index (χ0n) is 10.1. The highest BCUT2D eigenvalue weighted by Crippen LogP contribution is 2.23. The van der Waals surface area contributed by atoms with Gasteiger partial charge in [-0.2, -0.15) is 0 Å². The highest BCUT2D eigenvalue weighted by Gasteiger charge is 2.25. The van der Waals surface area contributed by atoms with Crippen molar-refractivity contribution in [2.75, 3.05) is 20.3 Å². The Hall–Kier alpha value is -0.0800. The molecule has 3 atom stereocenters. The van der Waals surface area contributed by atoms with Crippen LogP contribution in [0.2, 0.25) is 0 Å². The molecule has 0 spiro atoms. The van der Waals surface area contributed by atoms with Crippen LogP contribution < -0.4 is 0 Å². The van der Waals surface area contributed by atoms with E-state index in [-0.39, 0.29) is 0 Å². The first-order valence-electron chi connectivity index (χ1n) is 5.89. The zero-order valence-corrected chi connectivity index (χ0v) is 10.1. The molecule has 14 heavy (non-hydrogen) atoms. The number of nitrogens with zero attached hydrogens (tertiary/aromatic N) is 1. The van der Waals surface area contributed by atoms with E-state index in [4.69, 9.17) is 4.74 Å². The number of likely N-dealkylation sites (tertiary alicyclic amines) is 1.